The summed E-state index contributed by atoms with van der Waals surface area (Å²) in [5.41, 5.74) is 1.25. The van der Waals surface area contributed by atoms with E-state index in [0.717, 1.165) is 25.3 Å². The first-order valence-corrected chi connectivity index (χ1v) is 6.42. The van der Waals surface area contributed by atoms with Crippen LogP contribution in [0.2, 0.25) is 0 Å². The van der Waals surface area contributed by atoms with Gasteiger partial charge in [-0.25, -0.2) is 0 Å². The van der Waals surface area contributed by atoms with Crippen molar-refractivity contribution in [3.8, 4) is 5.75 Å². The summed E-state index contributed by atoms with van der Waals surface area (Å²) >= 11 is 0. The number of nitrogens with one attached hydrogen (secondary N) is 1. The molecule has 0 radical (unpaired) electrons. The van der Waals surface area contributed by atoms with E-state index < -0.39 is 0 Å². The second-order valence-electron chi connectivity index (χ2n) is 4.69. The van der Waals surface area contributed by atoms with Gasteiger partial charge in [0.1, 0.15) is 5.75 Å². The lowest BCUT2D eigenvalue weighted by molar-refractivity contribution is 0.303. The third kappa shape index (κ3) is 3.93. The Morgan fingerprint density at radius 3 is 2.59 bits per heavy atom. The van der Waals surface area contributed by atoms with Crippen LogP contribution in [0.15, 0.2) is 24.3 Å². The number of benzene rings is 1. The summed E-state index contributed by atoms with van der Waals surface area (Å²) in [7, 11) is 4.12. The number of hydrogen-bond donors (Lipinski definition) is 1. The quantitative estimate of drug-likeness (QED) is 0.732. The molecule has 2 rings (SSSR count). The first-order valence-electron chi connectivity index (χ1n) is 6.42. The Kier molecular flexibility index (Phi) is 4.26. The van der Waals surface area contributed by atoms with Crippen LogP contribution in [0.3, 0.4) is 0 Å². The fraction of sp³-hybridized carbons (Fsp3) is 0.571. The molecule has 1 saturated carbocycles. The average Bonchev–Trinajstić information content (AvgIpc) is 3.14. The summed E-state index contributed by atoms with van der Waals surface area (Å²) in [6.07, 6.45) is 4.07. The Hall–Kier alpha value is -1.22. The fourth-order valence-electron chi connectivity index (χ4n) is 1.78. The fourth-order valence-corrected chi connectivity index (χ4v) is 1.78. The summed E-state index contributed by atoms with van der Waals surface area (Å²) in [5.74, 6) is 1.000. The summed E-state index contributed by atoms with van der Waals surface area (Å²) in [4.78, 5) is 2.28. The SMILES string of the molecule is CNCCCN(C)c1ccc(OC2CC2)cc1. The standard InChI is InChI=1S/C14H22N2O/c1-15-10-3-11-16(2)12-4-6-13(7-5-12)17-14-8-9-14/h4-7,14-15H,3,8-11H2,1-2H3. The van der Waals surface area contributed by atoms with Gasteiger partial charge in [0.2, 0.25) is 0 Å². The van der Waals surface area contributed by atoms with Crippen LogP contribution < -0.4 is 15.0 Å². The largest absolute Gasteiger partial charge is 0.490 e. The molecule has 0 bridgehead atoms. The Morgan fingerprint density at radius 2 is 2.00 bits per heavy atom. The van der Waals surface area contributed by atoms with Gasteiger partial charge in [0.05, 0.1) is 6.10 Å². The summed E-state index contributed by atoms with van der Waals surface area (Å²) in [6, 6.07) is 8.42. The molecule has 1 aliphatic rings. The first kappa shape index (κ1) is 12.2. The molecule has 0 heterocycles. The number of ether oxygens (including phenoxy) is 1. The van der Waals surface area contributed by atoms with Gasteiger partial charge in [-0.3, -0.25) is 0 Å². The minimum absolute atomic E-state index is 0.481. The molecule has 17 heavy (non-hydrogen) atoms. The Morgan fingerprint density at radius 1 is 1.29 bits per heavy atom. The van der Waals surface area contributed by atoms with Crippen molar-refractivity contribution in [2.24, 2.45) is 0 Å². The minimum Gasteiger partial charge on any atom is -0.490 e. The van der Waals surface area contributed by atoms with Crippen molar-refractivity contribution in [3.63, 3.8) is 0 Å². The molecule has 94 valence electrons. The summed E-state index contributed by atoms with van der Waals surface area (Å²) in [6.45, 7) is 2.14. The molecule has 0 aromatic heterocycles. The molecule has 1 aromatic carbocycles. The molecule has 3 nitrogen and oxygen atoms in total. The summed E-state index contributed by atoms with van der Waals surface area (Å²) < 4.78 is 5.73. The molecule has 1 N–H and O–H groups in total. The van der Waals surface area contributed by atoms with Crippen LogP contribution in [0.1, 0.15) is 19.3 Å². The van der Waals surface area contributed by atoms with E-state index in [4.69, 9.17) is 4.74 Å². The van der Waals surface area contributed by atoms with Gasteiger partial charge in [0, 0.05) is 19.3 Å². The van der Waals surface area contributed by atoms with E-state index in [-0.39, 0.29) is 0 Å². The molecule has 1 aliphatic carbocycles. The van der Waals surface area contributed by atoms with Gasteiger partial charge in [-0.2, -0.15) is 0 Å². The lowest BCUT2D eigenvalue weighted by Crippen LogP contribution is -2.22. The highest BCUT2D eigenvalue weighted by Gasteiger charge is 2.23. The van der Waals surface area contributed by atoms with Crippen molar-refractivity contribution in [3.05, 3.63) is 24.3 Å². The Bertz CT molecular complexity index is 333. The zero-order valence-electron chi connectivity index (χ0n) is 10.8. The predicted octanol–water partition coefficient (Wildman–Crippen LogP) is 2.27. The van der Waals surface area contributed by atoms with E-state index in [1.54, 1.807) is 0 Å². The van der Waals surface area contributed by atoms with Crippen molar-refractivity contribution in [1.82, 2.24) is 5.32 Å². The van der Waals surface area contributed by atoms with Gasteiger partial charge in [-0.05, 0) is 57.1 Å². The topological polar surface area (TPSA) is 24.5 Å². The Balaban J connectivity index is 1.82. The van der Waals surface area contributed by atoms with Gasteiger partial charge in [0.25, 0.3) is 0 Å². The zero-order chi connectivity index (χ0) is 12.1. The van der Waals surface area contributed by atoms with Crippen molar-refractivity contribution in [1.29, 1.82) is 0 Å². The van der Waals surface area contributed by atoms with Crippen LogP contribution in [0.25, 0.3) is 0 Å². The van der Waals surface area contributed by atoms with Crippen molar-refractivity contribution >= 4 is 5.69 Å². The monoisotopic (exact) mass is 234 g/mol. The third-order valence-electron chi connectivity index (χ3n) is 3.02. The van der Waals surface area contributed by atoms with E-state index in [1.165, 1.54) is 18.5 Å². The average molecular weight is 234 g/mol. The highest BCUT2D eigenvalue weighted by Crippen LogP contribution is 2.27. The molecule has 0 spiro atoms. The maximum atomic E-state index is 5.73. The third-order valence-corrected chi connectivity index (χ3v) is 3.02. The summed E-state index contributed by atoms with van der Waals surface area (Å²) in [5, 5.41) is 3.17. The number of rotatable bonds is 7. The number of nitrogens with zero attached hydrogens (tertiary/aromatic N) is 1. The molecule has 0 saturated heterocycles. The highest BCUT2D eigenvalue weighted by atomic mass is 16.5. The van der Waals surface area contributed by atoms with Gasteiger partial charge >= 0.3 is 0 Å². The van der Waals surface area contributed by atoms with Crippen LogP contribution in [-0.4, -0.2) is 33.3 Å². The van der Waals surface area contributed by atoms with E-state index >= 15 is 0 Å². The second kappa shape index (κ2) is 5.92. The van der Waals surface area contributed by atoms with Gasteiger partial charge in [-0.1, -0.05) is 0 Å². The van der Waals surface area contributed by atoms with Crippen LogP contribution >= 0.6 is 0 Å². The molecular weight excluding hydrogens is 212 g/mol. The van der Waals surface area contributed by atoms with Crippen molar-refractivity contribution in [2.45, 2.75) is 25.4 Å². The van der Waals surface area contributed by atoms with Gasteiger partial charge in [-0.15, -0.1) is 0 Å². The van der Waals surface area contributed by atoms with Crippen LogP contribution in [0.5, 0.6) is 5.75 Å². The highest BCUT2D eigenvalue weighted by molar-refractivity contribution is 5.48. The molecule has 0 atom stereocenters. The maximum absolute atomic E-state index is 5.73. The molecule has 0 aliphatic heterocycles. The first-order chi connectivity index (χ1) is 8.29. The molecule has 0 amide bonds. The van der Waals surface area contributed by atoms with Crippen LogP contribution in [0, 0.1) is 0 Å². The molecule has 1 aromatic rings. The van der Waals surface area contributed by atoms with Crippen LogP contribution in [0.4, 0.5) is 5.69 Å². The lowest BCUT2D eigenvalue weighted by Gasteiger charge is -2.19. The predicted molar refractivity (Wildman–Crippen MR) is 71.9 cm³/mol. The van der Waals surface area contributed by atoms with E-state index in [2.05, 4.69) is 41.5 Å². The van der Waals surface area contributed by atoms with Gasteiger partial charge < -0.3 is 15.0 Å². The van der Waals surface area contributed by atoms with Gasteiger partial charge in [0.15, 0.2) is 0 Å². The van der Waals surface area contributed by atoms with E-state index in [1.807, 2.05) is 7.05 Å². The second-order valence-corrected chi connectivity index (χ2v) is 4.69. The molecule has 1 fully saturated rings. The minimum atomic E-state index is 0.481. The lowest BCUT2D eigenvalue weighted by atomic mass is 10.2. The molecular formula is C14H22N2O. The number of anilines is 1. The van der Waals surface area contributed by atoms with Crippen molar-refractivity contribution < 1.29 is 4.74 Å². The van der Waals surface area contributed by atoms with Crippen LogP contribution in [-0.2, 0) is 0 Å². The zero-order valence-corrected chi connectivity index (χ0v) is 10.8. The van der Waals surface area contributed by atoms with Crippen molar-refractivity contribution in [2.75, 3.05) is 32.1 Å². The van der Waals surface area contributed by atoms with E-state index in [0.29, 0.717) is 6.10 Å². The smallest absolute Gasteiger partial charge is 0.119 e. The molecule has 3 heteroatoms. The van der Waals surface area contributed by atoms with E-state index in [9.17, 15) is 0 Å². The molecule has 0 unspecified atom stereocenters. The normalized spacial score (nSPS) is 14.7. The number of hydrogen-bond acceptors (Lipinski definition) is 3. The Labute approximate surface area is 104 Å². The maximum Gasteiger partial charge on any atom is 0.119 e.